The van der Waals surface area contributed by atoms with E-state index in [2.05, 4.69) is 5.16 Å². The Labute approximate surface area is 104 Å². The number of amides is 1. The number of nitrogens with zero attached hydrogens (tertiary/aromatic N) is 1. The normalized spacial score (nSPS) is 10.3. The Balaban J connectivity index is 2.30. The van der Waals surface area contributed by atoms with E-state index >= 15 is 0 Å². The molecule has 2 aromatic rings. The molecule has 1 heterocycles. The van der Waals surface area contributed by atoms with Crippen LogP contribution in [-0.2, 0) is 4.79 Å². The van der Waals surface area contributed by atoms with Crippen molar-refractivity contribution in [2.45, 2.75) is 13.3 Å². The number of nitrogens with two attached hydrogens (primary N) is 1. The maximum atomic E-state index is 11.7. The van der Waals surface area contributed by atoms with Crippen LogP contribution in [0.2, 0.25) is 0 Å². The molecule has 1 aromatic carbocycles. The van der Waals surface area contributed by atoms with Crippen molar-refractivity contribution < 1.29 is 14.1 Å². The first kappa shape index (κ1) is 12.0. The van der Waals surface area contributed by atoms with E-state index in [1.165, 1.54) is 0 Å². The minimum Gasteiger partial charge on any atom is -0.369 e. The van der Waals surface area contributed by atoms with Crippen molar-refractivity contribution in [3.05, 3.63) is 41.6 Å². The second-order valence-corrected chi connectivity index (χ2v) is 3.98. The quantitative estimate of drug-likeness (QED) is 0.655. The van der Waals surface area contributed by atoms with E-state index in [9.17, 15) is 9.59 Å². The Hall–Kier alpha value is -2.43. The van der Waals surface area contributed by atoms with Crippen LogP contribution in [-0.4, -0.2) is 16.8 Å². The number of benzene rings is 1. The molecular weight excluding hydrogens is 232 g/mol. The van der Waals surface area contributed by atoms with Crippen molar-refractivity contribution in [3.8, 4) is 11.3 Å². The molecule has 5 nitrogen and oxygen atoms in total. The molecule has 1 aromatic heterocycles. The summed E-state index contributed by atoms with van der Waals surface area (Å²) in [7, 11) is 0. The number of Topliss-reactive ketones (excluding diaryl/α,β-unsaturated/α-hetero) is 1. The Bertz CT molecular complexity index is 602. The minimum atomic E-state index is -0.638. The van der Waals surface area contributed by atoms with E-state index in [0.717, 1.165) is 11.3 Å². The first-order valence-electron chi connectivity index (χ1n) is 5.41. The number of hydrogen-bond donors (Lipinski definition) is 1. The Kier molecular flexibility index (Phi) is 3.23. The van der Waals surface area contributed by atoms with Gasteiger partial charge in [-0.25, -0.2) is 0 Å². The van der Waals surface area contributed by atoms with Gasteiger partial charge in [0.15, 0.2) is 11.5 Å². The smallest absolute Gasteiger partial charge is 0.225 e. The zero-order chi connectivity index (χ0) is 13.1. The largest absolute Gasteiger partial charge is 0.369 e. The van der Waals surface area contributed by atoms with E-state index in [4.69, 9.17) is 10.3 Å². The Morgan fingerprint density at radius 1 is 1.33 bits per heavy atom. The number of aromatic nitrogens is 1. The van der Waals surface area contributed by atoms with Crippen LogP contribution in [0.5, 0.6) is 0 Å². The molecule has 0 saturated heterocycles. The van der Waals surface area contributed by atoms with E-state index in [0.29, 0.717) is 11.3 Å². The van der Waals surface area contributed by atoms with Crippen LogP contribution in [0.3, 0.4) is 0 Å². The molecule has 0 spiro atoms. The third kappa shape index (κ3) is 2.63. The fourth-order valence-corrected chi connectivity index (χ4v) is 1.61. The summed E-state index contributed by atoms with van der Waals surface area (Å²) in [5.74, 6) is -0.359. The van der Waals surface area contributed by atoms with E-state index in [-0.39, 0.29) is 12.2 Å². The van der Waals surface area contributed by atoms with Gasteiger partial charge in [0, 0.05) is 17.2 Å². The average Bonchev–Trinajstić information content (AvgIpc) is 2.75. The topological polar surface area (TPSA) is 86.2 Å². The van der Waals surface area contributed by atoms with Gasteiger partial charge in [-0.05, 0) is 13.0 Å². The highest BCUT2D eigenvalue weighted by Gasteiger charge is 2.11. The van der Waals surface area contributed by atoms with Crippen molar-refractivity contribution >= 4 is 11.7 Å². The molecule has 0 bridgehead atoms. The van der Waals surface area contributed by atoms with Crippen molar-refractivity contribution in [2.24, 2.45) is 5.73 Å². The number of rotatable bonds is 4. The Morgan fingerprint density at radius 3 is 2.72 bits per heavy atom. The molecule has 0 radical (unpaired) electrons. The lowest BCUT2D eigenvalue weighted by Gasteiger charge is -2.00. The molecule has 0 aliphatic heterocycles. The number of ketones is 1. The summed E-state index contributed by atoms with van der Waals surface area (Å²) in [4.78, 5) is 22.4. The molecule has 92 valence electrons. The number of aryl methyl sites for hydroxylation is 1. The lowest BCUT2D eigenvalue weighted by Crippen LogP contribution is -2.16. The highest BCUT2D eigenvalue weighted by molar-refractivity contribution is 6.07. The summed E-state index contributed by atoms with van der Waals surface area (Å²) in [6, 6.07) is 8.60. The zero-order valence-corrected chi connectivity index (χ0v) is 9.84. The summed E-state index contributed by atoms with van der Waals surface area (Å²) in [6.07, 6.45) is -0.293. The van der Waals surface area contributed by atoms with Gasteiger partial charge < -0.3 is 10.3 Å². The van der Waals surface area contributed by atoms with Crippen molar-refractivity contribution in [3.63, 3.8) is 0 Å². The summed E-state index contributed by atoms with van der Waals surface area (Å²) in [6.45, 7) is 1.81. The van der Waals surface area contributed by atoms with Gasteiger partial charge in [-0.3, -0.25) is 9.59 Å². The van der Waals surface area contributed by atoms with Crippen molar-refractivity contribution in [1.82, 2.24) is 5.16 Å². The van der Waals surface area contributed by atoms with Crippen LogP contribution in [0.25, 0.3) is 11.3 Å². The first-order chi connectivity index (χ1) is 8.56. The highest BCUT2D eigenvalue weighted by Crippen LogP contribution is 2.21. The molecular formula is C13H12N2O3. The highest BCUT2D eigenvalue weighted by atomic mass is 16.5. The summed E-state index contributed by atoms with van der Waals surface area (Å²) >= 11 is 0. The fourth-order valence-electron chi connectivity index (χ4n) is 1.61. The minimum absolute atomic E-state index is 0.293. The summed E-state index contributed by atoms with van der Waals surface area (Å²) in [5, 5.41) is 3.78. The third-order valence-electron chi connectivity index (χ3n) is 2.43. The molecule has 0 saturated carbocycles. The first-order valence-corrected chi connectivity index (χ1v) is 5.41. The summed E-state index contributed by atoms with van der Waals surface area (Å²) in [5.41, 5.74) is 6.93. The Morgan fingerprint density at radius 2 is 2.11 bits per heavy atom. The average molecular weight is 244 g/mol. The molecule has 2 rings (SSSR count). The number of carbonyl (C=O) groups excluding carboxylic acids is 2. The molecule has 0 unspecified atom stereocenters. The second kappa shape index (κ2) is 4.83. The molecule has 0 atom stereocenters. The van der Waals surface area contributed by atoms with Crippen molar-refractivity contribution in [2.75, 3.05) is 0 Å². The van der Waals surface area contributed by atoms with Gasteiger partial charge in [-0.2, -0.15) is 0 Å². The van der Waals surface area contributed by atoms with Gasteiger partial charge in [0.25, 0.3) is 0 Å². The number of carbonyl (C=O) groups is 2. The molecule has 0 fully saturated rings. The molecule has 0 aliphatic rings. The van der Waals surface area contributed by atoms with Crippen LogP contribution in [0, 0.1) is 6.92 Å². The van der Waals surface area contributed by atoms with Gasteiger partial charge in [0.2, 0.25) is 5.91 Å². The summed E-state index contributed by atoms with van der Waals surface area (Å²) < 4.78 is 5.11. The third-order valence-corrected chi connectivity index (χ3v) is 2.43. The van der Waals surface area contributed by atoms with Gasteiger partial charge in [0.1, 0.15) is 0 Å². The lowest BCUT2D eigenvalue weighted by atomic mass is 10.0. The van der Waals surface area contributed by atoms with Crippen LogP contribution >= 0.6 is 0 Å². The maximum Gasteiger partial charge on any atom is 0.225 e. The second-order valence-electron chi connectivity index (χ2n) is 3.98. The zero-order valence-electron chi connectivity index (χ0n) is 9.84. The molecule has 0 aliphatic carbocycles. The predicted molar refractivity (Wildman–Crippen MR) is 64.8 cm³/mol. The predicted octanol–water partition coefficient (Wildman–Crippen LogP) is 1.71. The van der Waals surface area contributed by atoms with Crippen LogP contribution in [0.15, 0.2) is 34.9 Å². The van der Waals surface area contributed by atoms with E-state index in [1.807, 2.05) is 6.92 Å². The van der Waals surface area contributed by atoms with Gasteiger partial charge >= 0.3 is 0 Å². The molecule has 18 heavy (non-hydrogen) atoms. The van der Waals surface area contributed by atoms with Gasteiger partial charge in [0.05, 0.1) is 12.1 Å². The molecule has 5 heteroatoms. The fraction of sp³-hybridized carbons (Fsp3) is 0.154. The van der Waals surface area contributed by atoms with Gasteiger partial charge in [-0.15, -0.1) is 0 Å². The van der Waals surface area contributed by atoms with Crippen LogP contribution in [0.4, 0.5) is 0 Å². The van der Waals surface area contributed by atoms with Crippen LogP contribution < -0.4 is 5.73 Å². The van der Waals surface area contributed by atoms with E-state index < -0.39 is 5.91 Å². The van der Waals surface area contributed by atoms with Crippen LogP contribution in [0.1, 0.15) is 22.5 Å². The lowest BCUT2D eigenvalue weighted by molar-refractivity contribution is -0.117. The standard InChI is InChI=1S/C13H12N2O3/c1-8-5-12(18-15-8)10-4-2-3-9(6-10)11(16)7-13(14)17/h2-6H,7H2,1H3,(H2,14,17). The van der Waals surface area contributed by atoms with Crippen molar-refractivity contribution in [1.29, 1.82) is 0 Å². The molecule has 1 amide bonds. The monoisotopic (exact) mass is 244 g/mol. The van der Waals surface area contributed by atoms with Gasteiger partial charge in [-0.1, -0.05) is 23.4 Å². The SMILES string of the molecule is Cc1cc(-c2cccc(C(=O)CC(N)=O)c2)on1. The maximum absolute atomic E-state index is 11.7. The molecule has 2 N–H and O–H groups in total. The number of primary amides is 1. The van der Waals surface area contributed by atoms with E-state index in [1.54, 1.807) is 30.3 Å². The number of hydrogen-bond acceptors (Lipinski definition) is 4.